The Labute approximate surface area is 155 Å². The minimum atomic E-state index is -4.18. The maximum Gasteiger partial charge on any atom is 0.326 e. The van der Waals surface area contributed by atoms with E-state index in [1.54, 1.807) is 6.07 Å². The molecule has 1 aromatic rings. The number of halogens is 2. The number of amides is 1. The van der Waals surface area contributed by atoms with E-state index in [0.29, 0.717) is 23.4 Å². The Kier molecular flexibility index (Phi) is 6.28. The minimum absolute atomic E-state index is 0.0466. The second-order valence-electron chi connectivity index (χ2n) is 5.70. The van der Waals surface area contributed by atoms with E-state index >= 15 is 0 Å². The Balaban J connectivity index is 2.27. The third-order valence-corrected chi connectivity index (χ3v) is 5.20. The molecule has 4 N–H and O–H groups in total. The second kappa shape index (κ2) is 7.88. The van der Waals surface area contributed by atoms with Gasteiger partial charge in [0.15, 0.2) is 0 Å². The fourth-order valence-corrected chi connectivity index (χ4v) is 3.67. The van der Waals surface area contributed by atoms with E-state index in [0.717, 1.165) is 4.90 Å². The number of nitrogens with zero attached hydrogens (tertiary/aromatic N) is 1. The predicted molar refractivity (Wildman–Crippen MR) is 92.6 cm³/mol. The number of hydrogen-bond donors (Lipinski definition) is 3. The number of carboxylic acids is 1. The third-order valence-electron chi connectivity index (χ3n) is 3.85. The molecular formula is C14H17Cl2N3O5S. The number of likely N-dealkylation sites (tertiary alicyclic amines) is 1. The van der Waals surface area contributed by atoms with Gasteiger partial charge in [-0.2, -0.15) is 13.1 Å². The van der Waals surface area contributed by atoms with Gasteiger partial charge in [0.1, 0.15) is 12.1 Å². The van der Waals surface area contributed by atoms with Crippen LogP contribution in [0.2, 0.25) is 10.0 Å². The SMILES string of the molecule is NS(=O)(=O)N[C@@H](Cc1ccc(Cl)c(Cl)c1)C(=O)N1CCC[C@H]1C(=O)O. The molecule has 1 aliphatic rings. The Morgan fingerprint density at radius 1 is 1.36 bits per heavy atom. The van der Waals surface area contributed by atoms with E-state index in [4.69, 9.17) is 28.3 Å². The lowest BCUT2D eigenvalue weighted by Crippen LogP contribution is -2.53. The number of carbonyl (C=O) groups excluding carboxylic acids is 1. The first-order valence-corrected chi connectivity index (χ1v) is 9.66. The molecule has 138 valence electrons. The molecule has 1 fully saturated rings. The van der Waals surface area contributed by atoms with Gasteiger partial charge in [0.05, 0.1) is 10.0 Å². The zero-order valence-corrected chi connectivity index (χ0v) is 15.3. The summed E-state index contributed by atoms with van der Waals surface area (Å²) in [5, 5.41) is 14.8. The molecule has 0 radical (unpaired) electrons. The van der Waals surface area contributed by atoms with Gasteiger partial charge in [0, 0.05) is 6.54 Å². The molecule has 0 unspecified atom stereocenters. The average Bonchev–Trinajstić information content (AvgIpc) is 2.98. The molecule has 1 aliphatic heterocycles. The van der Waals surface area contributed by atoms with Crippen LogP contribution in [0.1, 0.15) is 18.4 Å². The Morgan fingerprint density at radius 2 is 2.04 bits per heavy atom. The number of nitrogens with one attached hydrogen (secondary N) is 1. The molecule has 0 spiro atoms. The Morgan fingerprint density at radius 3 is 2.60 bits per heavy atom. The van der Waals surface area contributed by atoms with Gasteiger partial charge in [-0.15, -0.1) is 0 Å². The molecule has 1 saturated heterocycles. The maximum atomic E-state index is 12.7. The lowest BCUT2D eigenvalue weighted by molar-refractivity contribution is -0.148. The predicted octanol–water partition coefficient (Wildman–Crippen LogP) is 0.773. The summed E-state index contributed by atoms with van der Waals surface area (Å²) < 4.78 is 24.9. The number of nitrogens with two attached hydrogens (primary N) is 1. The highest BCUT2D eigenvalue weighted by Crippen LogP contribution is 2.24. The molecule has 1 amide bonds. The molecule has 2 atom stereocenters. The summed E-state index contributed by atoms with van der Waals surface area (Å²) in [4.78, 5) is 25.1. The highest BCUT2D eigenvalue weighted by atomic mass is 35.5. The van der Waals surface area contributed by atoms with Gasteiger partial charge in [-0.3, -0.25) is 4.79 Å². The van der Waals surface area contributed by atoms with Crippen LogP contribution < -0.4 is 9.86 Å². The van der Waals surface area contributed by atoms with Crippen molar-refractivity contribution < 1.29 is 23.1 Å². The van der Waals surface area contributed by atoms with Crippen LogP contribution in [-0.2, 0) is 26.2 Å². The first-order chi connectivity index (χ1) is 11.6. The zero-order valence-electron chi connectivity index (χ0n) is 13.0. The lowest BCUT2D eigenvalue weighted by atomic mass is 10.1. The van der Waals surface area contributed by atoms with Crippen LogP contribution in [0.4, 0.5) is 0 Å². The topological polar surface area (TPSA) is 130 Å². The highest BCUT2D eigenvalue weighted by Gasteiger charge is 2.38. The van der Waals surface area contributed by atoms with E-state index in [1.807, 2.05) is 0 Å². The summed E-state index contributed by atoms with van der Waals surface area (Å²) in [6.45, 7) is 0.236. The van der Waals surface area contributed by atoms with Crippen molar-refractivity contribution in [3.8, 4) is 0 Å². The van der Waals surface area contributed by atoms with Crippen molar-refractivity contribution >= 4 is 45.3 Å². The fourth-order valence-electron chi connectivity index (χ4n) is 2.77. The van der Waals surface area contributed by atoms with Gasteiger partial charge >= 0.3 is 5.97 Å². The van der Waals surface area contributed by atoms with Gasteiger partial charge in [-0.1, -0.05) is 29.3 Å². The molecule has 1 aromatic carbocycles. The van der Waals surface area contributed by atoms with Crippen molar-refractivity contribution in [2.45, 2.75) is 31.3 Å². The number of carbonyl (C=O) groups is 2. The van der Waals surface area contributed by atoms with Crippen molar-refractivity contribution in [1.82, 2.24) is 9.62 Å². The van der Waals surface area contributed by atoms with E-state index in [-0.39, 0.29) is 18.0 Å². The Hall–Kier alpha value is -1.39. The first-order valence-electron chi connectivity index (χ1n) is 7.36. The summed E-state index contributed by atoms with van der Waals surface area (Å²) in [5.74, 6) is -1.78. The van der Waals surface area contributed by atoms with Crippen molar-refractivity contribution in [2.75, 3.05) is 6.54 Å². The zero-order chi connectivity index (χ0) is 18.8. The van der Waals surface area contributed by atoms with Crippen molar-refractivity contribution in [3.63, 3.8) is 0 Å². The minimum Gasteiger partial charge on any atom is -0.480 e. The van der Waals surface area contributed by atoms with Crippen molar-refractivity contribution in [2.24, 2.45) is 5.14 Å². The van der Waals surface area contributed by atoms with Gasteiger partial charge in [-0.05, 0) is 37.0 Å². The second-order valence-corrected chi connectivity index (χ2v) is 7.84. The van der Waals surface area contributed by atoms with Crippen molar-refractivity contribution in [3.05, 3.63) is 33.8 Å². The number of benzene rings is 1. The molecule has 25 heavy (non-hydrogen) atoms. The molecule has 11 heteroatoms. The van der Waals surface area contributed by atoms with Crippen LogP contribution in [-0.4, -0.2) is 48.9 Å². The Bertz CT molecular complexity index is 787. The van der Waals surface area contributed by atoms with Crippen LogP contribution in [0.25, 0.3) is 0 Å². The van der Waals surface area contributed by atoms with E-state index in [2.05, 4.69) is 4.72 Å². The van der Waals surface area contributed by atoms with Gasteiger partial charge in [0.2, 0.25) is 5.91 Å². The molecule has 0 bridgehead atoms. The molecular weight excluding hydrogens is 393 g/mol. The molecule has 2 rings (SSSR count). The molecule has 1 heterocycles. The first kappa shape index (κ1) is 19.9. The summed E-state index contributed by atoms with van der Waals surface area (Å²) >= 11 is 11.8. The van der Waals surface area contributed by atoms with E-state index < -0.39 is 34.2 Å². The standard InChI is InChI=1S/C14H17Cl2N3O5S/c15-9-4-3-8(6-10(9)16)7-11(18-25(17,23)24)13(20)19-5-1-2-12(19)14(21)22/h3-4,6,11-12,18H,1-2,5,7H2,(H,21,22)(H2,17,23,24)/t11-,12-/m0/s1. The normalized spacial score (nSPS) is 19.0. The number of aliphatic carboxylic acids is 1. The summed E-state index contributed by atoms with van der Waals surface area (Å²) in [6.07, 6.45) is 0.794. The largest absolute Gasteiger partial charge is 0.480 e. The summed E-state index contributed by atoms with van der Waals surface area (Å²) in [7, 11) is -4.18. The number of hydrogen-bond acceptors (Lipinski definition) is 4. The van der Waals surface area contributed by atoms with E-state index in [1.165, 1.54) is 12.1 Å². The van der Waals surface area contributed by atoms with Gasteiger partial charge < -0.3 is 10.0 Å². The lowest BCUT2D eigenvalue weighted by Gasteiger charge is -2.27. The van der Waals surface area contributed by atoms with Gasteiger partial charge in [0.25, 0.3) is 10.2 Å². The monoisotopic (exact) mass is 409 g/mol. The van der Waals surface area contributed by atoms with Crippen LogP contribution in [0, 0.1) is 0 Å². The van der Waals surface area contributed by atoms with Crippen LogP contribution in [0.3, 0.4) is 0 Å². The smallest absolute Gasteiger partial charge is 0.326 e. The molecule has 0 aromatic heterocycles. The number of rotatable bonds is 6. The number of carboxylic acid groups (broad SMARTS) is 1. The summed E-state index contributed by atoms with van der Waals surface area (Å²) in [6, 6.07) is 2.40. The fraction of sp³-hybridized carbons (Fsp3) is 0.429. The van der Waals surface area contributed by atoms with Crippen LogP contribution >= 0.6 is 23.2 Å². The summed E-state index contributed by atoms with van der Waals surface area (Å²) in [5.41, 5.74) is 0.551. The van der Waals surface area contributed by atoms with Crippen molar-refractivity contribution in [1.29, 1.82) is 0 Å². The highest BCUT2D eigenvalue weighted by molar-refractivity contribution is 7.87. The van der Waals surface area contributed by atoms with Crippen LogP contribution in [0.5, 0.6) is 0 Å². The molecule has 0 saturated carbocycles. The molecule has 0 aliphatic carbocycles. The third kappa shape index (κ3) is 5.29. The quantitative estimate of drug-likeness (QED) is 0.638. The van der Waals surface area contributed by atoms with Crippen LogP contribution in [0.15, 0.2) is 18.2 Å². The van der Waals surface area contributed by atoms with E-state index in [9.17, 15) is 23.1 Å². The van der Waals surface area contributed by atoms with Gasteiger partial charge in [-0.25, -0.2) is 9.93 Å². The maximum absolute atomic E-state index is 12.7. The average molecular weight is 410 g/mol. The molecule has 8 nitrogen and oxygen atoms in total.